The summed E-state index contributed by atoms with van der Waals surface area (Å²) in [6.45, 7) is 2.55. The number of likely N-dealkylation sites (tertiary alicyclic amines) is 1. The van der Waals surface area contributed by atoms with E-state index in [4.69, 9.17) is 10.5 Å². The number of amides is 2. The van der Waals surface area contributed by atoms with E-state index >= 15 is 0 Å². The summed E-state index contributed by atoms with van der Waals surface area (Å²) in [5.74, 6) is 0.0900. The maximum absolute atomic E-state index is 12.6. The van der Waals surface area contributed by atoms with Gasteiger partial charge in [0.25, 0.3) is 5.91 Å². The minimum absolute atomic E-state index is 0.0828. The van der Waals surface area contributed by atoms with Crippen LogP contribution in [0.15, 0.2) is 54.6 Å². The maximum atomic E-state index is 12.6. The maximum Gasteiger partial charge on any atom is 0.254 e. The largest absolute Gasteiger partial charge is 0.486 e. The molecule has 2 aromatic carbocycles. The van der Waals surface area contributed by atoms with Gasteiger partial charge >= 0.3 is 0 Å². The monoisotopic (exact) mass is 338 g/mol. The van der Waals surface area contributed by atoms with Crippen LogP contribution in [0.4, 0.5) is 0 Å². The van der Waals surface area contributed by atoms with Gasteiger partial charge in [-0.05, 0) is 49.6 Å². The van der Waals surface area contributed by atoms with Gasteiger partial charge in [0.1, 0.15) is 17.9 Å². The highest BCUT2D eigenvalue weighted by atomic mass is 16.5. The normalized spacial score (nSPS) is 18.0. The van der Waals surface area contributed by atoms with E-state index in [1.165, 1.54) is 0 Å². The van der Waals surface area contributed by atoms with Crippen LogP contribution >= 0.6 is 0 Å². The molecule has 1 aliphatic rings. The molecule has 2 atom stereocenters. The molecule has 0 bridgehead atoms. The molecule has 1 aliphatic heterocycles. The molecule has 2 aromatic rings. The number of primary amides is 1. The topological polar surface area (TPSA) is 72.6 Å². The van der Waals surface area contributed by atoms with Crippen LogP contribution < -0.4 is 10.5 Å². The molecule has 0 aromatic heterocycles. The Morgan fingerprint density at radius 1 is 1.12 bits per heavy atom. The molecule has 2 amide bonds. The van der Waals surface area contributed by atoms with E-state index in [1.54, 1.807) is 29.2 Å². The van der Waals surface area contributed by atoms with Gasteiger partial charge in [-0.2, -0.15) is 0 Å². The summed E-state index contributed by atoms with van der Waals surface area (Å²) in [6.07, 6.45) is 1.35. The van der Waals surface area contributed by atoms with Crippen LogP contribution in [0.2, 0.25) is 0 Å². The van der Waals surface area contributed by atoms with Crippen LogP contribution in [-0.4, -0.2) is 29.3 Å². The van der Waals surface area contributed by atoms with Crippen molar-refractivity contribution >= 4 is 11.8 Å². The predicted octanol–water partition coefficient (Wildman–Crippen LogP) is 2.92. The first-order valence-electron chi connectivity index (χ1n) is 8.48. The Morgan fingerprint density at radius 3 is 2.44 bits per heavy atom. The van der Waals surface area contributed by atoms with Gasteiger partial charge < -0.3 is 15.4 Å². The van der Waals surface area contributed by atoms with Crippen molar-refractivity contribution in [3.8, 4) is 5.75 Å². The fourth-order valence-electron chi connectivity index (χ4n) is 3.14. The minimum Gasteiger partial charge on any atom is -0.486 e. The standard InChI is InChI=1S/C20H22N2O3/c1-14(15-6-3-2-4-7-15)25-17-11-9-16(10-12-17)20(24)22-13-5-8-18(22)19(21)23/h2-4,6-7,9-12,14,18H,5,8,13H2,1H3,(H2,21,23). The zero-order chi connectivity index (χ0) is 17.8. The lowest BCUT2D eigenvalue weighted by Crippen LogP contribution is -2.43. The van der Waals surface area contributed by atoms with Crippen molar-refractivity contribution in [2.45, 2.75) is 31.9 Å². The van der Waals surface area contributed by atoms with Crippen molar-refractivity contribution in [3.05, 3.63) is 65.7 Å². The average molecular weight is 338 g/mol. The minimum atomic E-state index is -0.499. The molecule has 2 N–H and O–H groups in total. The van der Waals surface area contributed by atoms with Gasteiger partial charge in [0, 0.05) is 12.1 Å². The second-order valence-electron chi connectivity index (χ2n) is 6.25. The van der Waals surface area contributed by atoms with Crippen LogP contribution in [0, 0.1) is 0 Å². The molecule has 1 fully saturated rings. The molecule has 25 heavy (non-hydrogen) atoms. The molecule has 2 unspecified atom stereocenters. The number of nitrogens with two attached hydrogens (primary N) is 1. The lowest BCUT2D eigenvalue weighted by molar-refractivity contribution is -0.121. The second kappa shape index (κ2) is 7.38. The molecule has 130 valence electrons. The highest BCUT2D eigenvalue weighted by Gasteiger charge is 2.33. The van der Waals surface area contributed by atoms with Crippen molar-refractivity contribution in [3.63, 3.8) is 0 Å². The smallest absolute Gasteiger partial charge is 0.254 e. The van der Waals surface area contributed by atoms with E-state index < -0.39 is 11.9 Å². The third kappa shape index (κ3) is 3.82. The Morgan fingerprint density at radius 2 is 1.80 bits per heavy atom. The highest BCUT2D eigenvalue weighted by Crippen LogP contribution is 2.24. The number of carbonyl (C=O) groups excluding carboxylic acids is 2. The summed E-state index contributed by atoms with van der Waals surface area (Å²) >= 11 is 0. The molecule has 0 saturated carbocycles. The SMILES string of the molecule is CC(Oc1ccc(C(=O)N2CCCC2C(N)=O)cc1)c1ccccc1. The third-order valence-corrected chi connectivity index (χ3v) is 4.53. The molecule has 0 aliphatic carbocycles. The molecule has 1 heterocycles. The number of hydrogen-bond acceptors (Lipinski definition) is 3. The van der Waals surface area contributed by atoms with Gasteiger partial charge in [-0.15, -0.1) is 0 Å². The van der Waals surface area contributed by atoms with Crippen molar-refractivity contribution in [1.82, 2.24) is 4.90 Å². The van der Waals surface area contributed by atoms with E-state index in [0.717, 1.165) is 12.0 Å². The average Bonchev–Trinajstić information content (AvgIpc) is 3.12. The summed E-state index contributed by atoms with van der Waals surface area (Å²) in [4.78, 5) is 25.6. The van der Waals surface area contributed by atoms with Crippen molar-refractivity contribution in [1.29, 1.82) is 0 Å². The quantitative estimate of drug-likeness (QED) is 0.911. The van der Waals surface area contributed by atoms with Crippen molar-refractivity contribution in [2.75, 3.05) is 6.54 Å². The van der Waals surface area contributed by atoms with Crippen LogP contribution in [0.5, 0.6) is 5.75 Å². The van der Waals surface area contributed by atoms with Gasteiger partial charge in [-0.25, -0.2) is 0 Å². The zero-order valence-electron chi connectivity index (χ0n) is 14.2. The summed E-state index contributed by atoms with van der Waals surface area (Å²) in [5, 5.41) is 0. The van der Waals surface area contributed by atoms with Crippen LogP contribution in [0.3, 0.4) is 0 Å². The first-order valence-corrected chi connectivity index (χ1v) is 8.48. The number of hydrogen-bond donors (Lipinski definition) is 1. The van der Waals surface area contributed by atoms with Gasteiger partial charge in [-0.1, -0.05) is 30.3 Å². The number of nitrogens with zero attached hydrogens (tertiary/aromatic N) is 1. The van der Waals surface area contributed by atoms with Gasteiger partial charge in [0.2, 0.25) is 5.91 Å². The highest BCUT2D eigenvalue weighted by molar-refractivity contribution is 5.97. The van der Waals surface area contributed by atoms with E-state index in [0.29, 0.717) is 24.3 Å². The van der Waals surface area contributed by atoms with Gasteiger partial charge in [0.05, 0.1) is 0 Å². The summed E-state index contributed by atoms with van der Waals surface area (Å²) in [5.41, 5.74) is 7.01. The number of rotatable bonds is 5. The van der Waals surface area contributed by atoms with E-state index in [-0.39, 0.29) is 12.0 Å². The molecule has 1 saturated heterocycles. The fraction of sp³-hybridized carbons (Fsp3) is 0.300. The molecule has 0 spiro atoms. The van der Waals surface area contributed by atoms with E-state index in [9.17, 15) is 9.59 Å². The van der Waals surface area contributed by atoms with E-state index in [2.05, 4.69) is 0 Å². The summed E-state index contributed by atoms with van der Waals surface area (Å²) in [6, 6.07) is 16.5. The van der Waals surface area contributed by atoms with Crippen molar-refractivity contribution < 1.29 is 14.3 Å². The third-order valence-electron chi connectivity index (χ3n) is 4.53. The molecular formula is C20H22N2O3. The van der Waals surface area contributed by atoms with Gasteiger partial charge in [-0.3, -0.25) is 9.59 Å². The molecule has 0 radical (unpaired) electrons. The molecular weight excluding hydrogens is 316 g/mol. The molecule has 5 nitrogen and oxygen atoms in total. The van der Waals surface area contributed by atoms with Gasteiger partial charge in [0.15, 0.2) is 0 Å². The first kappa shape index (κ1) is 17.0. The fourth-order valence-corrected chi connectivity index (χ4v) is 3.14. The predicted molar refractivity (Wildman–Crippen MR) is 95.2 cm³/mol. The Kier molecular flexibility index (Phi) is 5.03. The summed E-state index contributed by atoms with van der Waals surface area (Å²) in [7, 11) is 0. The Balaban J connectivity index is 1.68. The first-order chi connectivity index (χ1) is 12.1. The molecule has 3 rings (SSSR count). The van der Waals surface area contributed by atoms with Crippen LogP contribution in [-0.2, 0) is 4.79 Å². The Bertz CT molecular complexity index is 743. The lowest BCUT2D eigenvalue weighted by atomic mass is 10.1. The second-order valence-corrected chi connectivity index (χ2v) is 6.25. The summed E-state index contributed by atoms with van der Waals surface area (Å²) < 4.78 is 5.92. The van der Waals surface area contributed by atoms with Crippen LogP contribution in [0.1, 0.15) is 41.8 Å². The number of carbonyl (C=O) groups is 2. The van der Waals surface area contributed by atoms with E-state index in [1.807, 2.05) is 37.3 Å². The van der Waals surface area contributed by atoms with Crippen molar-refractivity contribution in [2.24, 2.45) is 5.73 Å². The van der Waals surface area contributed by atoms with Crippen LogP contribution in [0.25, 0.3) is 0 Å². The Hall–Kier alpha value is -2.82. The Labute approximate surface area is 147 Å². The lowest BCUT2D eigenvalue weighted by Gasteiger charge is -2.22. The number of benzene rings is 2. The molecule has 5 heteroatoms. The number of ether oxygens (including phenoxy) is 1. The zero-order valence-corrected chi connectivity index (χ0v) is 14.2.